The van der Waals surface area contributed by atoms with Crippen LogP contribution in [0.25, 0.3) is 0 Å². The molecule has 528 valence electrons. The van der Waals surface area contributed by atoms with Crippen LogP contribution in [0.2, 0.25) is 0 Å². The van der Waals surface area contributed by atoms with Crippen molar-refractivity contribution in [2.45, 2.75) is 429 Å². The molecule has 90 heavy (non-hydrogen) atoms. The van der Waals surface area contributed by atoms with Gasteiger partial charge in [0.1, 0.15) is 24.4 Å². The standard InChI is InChI=1S/C79H147NO10/c1-4-7-10-13-16-19-22-25-27-29-31-33-35-37-39-41-43-45-47-49-52-55-58-61-64-67-74(84)90-77-76(86)75(85)73(68-81)89-79(77)88-69-70(71(82)65-62-59-56-53-50-24-21-18-15-12-9-6-3)80-78(87)72(83)66-63-60-57-54-51-48-46-44-42-40-38-36-34-32-30-28-26-23-20-17-14-11-8-5-2/h17,20,25-28,62,65,70-73,75-77,79,81-83,85-86H,4-16,18-19,21-24,29-61,63-64,66-69H2,1-3H3,(H,80,87)/b20-17-,27-25+,28-26-,65-62+. The van der Waals surface area contributed by atoms with Gasteiger partial charge in [0.2, 0.25) is 5.91 Å². The van der Waals surface area contributed by atoms with Crippen LogP contribution in [0.1, 0.15) is 380 Å². The first-order chi connectivity index (χ1) is 44.2. The lowest BCUT2D eigenvalue weighted by Gasteiger charge is -2.41. The maximum Gasteiger partial charge on any atom is 0.306 e. The molecule has 1 rings (SSSR count). The first-order valence-electron chi connectivity index (χ1n) is 38.9. The zero-order valence-corrected chi connectivity index (χ0v) is 59.0. The summed E-state index contributed by atoms with van der Waals surface area (Å²) >= 11 is 0. The van der Waals surface area contributed by atoms with Crippen LogP contribution >= 0.6 is 0 Å². The highest BCUT2D eigenvalue weighted by Crippen LogP contribution is 2.27. The van der Waals surface area contributed by atoms with Gasteiger partial charge in [-0.15, -0.1) is 0 Å². The van der Waals surface area contributed by atoms with E-state index in [1.165, 1.54) is 270 Å². The molecule has 1 saturated heterocycles. The fraction of sp³-hybridized carbons (Fsp3) is 0.873. The largest absolute Gasteiger partial charge is 0.454 e. The van der Waals surface area contributed by atoms with Gasteiger partial charge in [-0.1, -0.05) is 339 Å². The van der Waals surface area contributed by atoms with Crippen molar-refractivity contribution in [1.29, 1.82) is 0 Å². The quantitative estimate of drug-likeness (QED) is 0.0195. The fourth-order valence-electron chi connectivity index (χ4n) is 12.3. The molecular weight excluding hydrogens is 1120 g/mol. The summed E-state index contributed by atoms with van der Waals surface area (Å²) in [5, 5.41) is 57.4. The van der Waals surface area contributed by atoms with Crippen molar-refractivity contribution < 1.29 is 49.3 Å². The number of nitrogens with one attached hydrogen (secondary N) is 1. The Morgan fingerprint density at radius 2 is 0.767 bits per heavy atom. The molecule has 11 heteroatoms. The lowest BCUT2D eigenvalue weighted by Crippen LogP contribution is -2.61. The van der Waals surface area contributed by atoms with Crippen molar-refractivity contribution in [3.8, 4) is 0 Å². The van der Waals surface area contributed by atoms with E-state index < -0.39 is 67.4 Å². The summed E-state index contributed by atoms with van der Waals surface area (Å²) in [6, 6.07) is -1.02. The van der Waals surface area contributed by atoms with Crippen LogP contribution in [-0.4, -0.2) is 99.6 Å². The molecule has 0 radical (unpaired) electrons. The van der Waals surface area contributed by atoms with Gasteiger partial charge in [0.05, 0.1) is 25.4 Å². The second kappa shape index (κ2) is 66.6. The normalized spacial score (nSPS) is 18.2. The highest BCUT2D eigenvalue weighted by atomic mass is 16.7. The zero-order chi connectivity index (χ0) is 65.3. The molecule has 0 aromatic rings. The number of ether oxygens (including phenoxy) is 3. The van der Waals surface area contributed by atoms with E-state index in [2.05, 4.69) is 62.5 Å². The van der Waals surface area contributed by atoms with Gasteiger partial charge in [-0.3, -0.25) is 9.59 Å². The lowest BCUT2D eigenvalue weighted by atomic mass is 9.99. The van der Waals surface area contributed by atoms with E-state index in [1.807, 2.05) is 6.08 Å². The molecule has 8 atom stereocenters. The van der Waals surface area contributed by atoms with Crippen molar-refractivity contribution >= 4 is 11.9 Å². The average Bonchev–Trinajstić information content (AvgIpc) is 2.18. The number of carbonyl (C=O) groups excluding carboxylic acids is 2. The Morgan fingerprint density at radius 3 is 1.17 bits per heavy atom. The molecule has 1 heterocycles. The summed E-state index contributed by atoms with van der Waals surface area (Å²) in [4.78, 5) is 26.8. The third kappa shape index (κ3) is 52.9. The molecule has 1 aliphatic heterocycles. The molecular formula is C79H147NO10. The maximum atomic E-state index is 13.5. The van der Waals surface area contributed by atoms with Crippen molar-refractivity contribution in [2.75, 3.05) is 13.2 Å². The minimum absolute atomic E-state index is 0.127. The van der Waals surface area contributed by atoms with Gasteiger partial charge < -0.3 is 45.1 Å². The topological polar surface area (TPSA) is 175 Å². The lowest BCUT2D eigenvalue weighted by molar-refractivity contribution is -0.305. The molecule has 1 amide bonds. The number of amides is 1. The molecule has 8 unspecified atom stereocenters. The highest BCUT2D eigenvalue weighted by molar-refractivity contribution is 5.80. The van der Waals surface area contributed by atoms with Crippen molar-refractivity contribution in [3.63, 3.8) is 0 Å². The second-order valence-electron chi connectivity index (χ2n) is 27.1. The second-order valence-corrected chi connectivity index (χ2v) is 27.1. The first-order valence-corrected chi connectivity index (χ1v) is 38.9. The average molecular weight is 1270 g/mol. The van der Waals surface area contributed by atoms with Crippen LogP contribution in [0.5, 0.6) is 0 Å². The summed E-state index contributed by atoms with van der Waals surface area (Å²) in [6.45, 7) is 5.82. The Balaban J connectivity index is 2.50. The van der Waals surface area contributed by atoms with Crippen LogP contribution in [0, 0.1) is 0 Å². The Labute approximate surface area is 555 Å². The third-order valence-corrected chi connectivity index (χ3v) is 18.5. The van der Waals surface area contributed by atoms with E-state index in [4.69, 9.17) is 14.2 Å². The molecule has 1 fully saturated rings. The van der Waals surface area contributed by atoms with Gasteiger partial charge >= 0.3 is 5.97 Å². The van der Waals surface area contributed by atoms with Crippen LogP contribution in [0.4, 0.5) is 0 Å². The third-order valence-electron chi connectivity index (χ3n) is 18.5. The van der Waals surface area contributed by atoms with Gasteiger partial charge in [0.25, 0.3) is 0 Å². The molecule has 6 N–H and O–H groups in total. The van der Waals surface area contributed by atoms with E-state index in [9.17, 15) is 35.1 Å². The number of esters is 1. The molecule has 0 saturated carbocycles. The zero-order valence-electron chi connectivity index (χ0n) is 59.0. The SMILES string of the molecule is CCCCC/C=C\C/C=C\CCCCCCCCCCCCCCCCC(O)C(=O)NC(COC1OC(CO)C(O)C(O)C1OC(=O)CCCCCCCCCCCCCCCCC/C=C/CCCCCCCC)C(O)/C=C/CCCCCCCCCCCC. The molecule has 0 aromatic heterocycles. The molecule has 0 aromatic carbocycles. The summed E-state index contributed by atoms with van der Waals surface area (Å²) in [7, 11) is 0. The van der Waals surface area contributed by atoms with E-state index in [0.29, 0.717) is 19.3 Å². The fourth-order valence-corrected chi connectivity index (χ4v) is 12.3. The predicted molar refractivity (Wildman–Crippen MR) is 380 cm³/mol. The van der Waals surface area contributed by atoms with Crippen LogP contribution < -0.4 is 5.32 Å². The summed E-state index contributed by atoms with van der Waals surface area (Å²) in [5.41, 5.74) is 0. The number of carbonyl (C=O) groups is 2. The predicted octanol–water partition coefficient (Wildman–Crippen LogP) is 20.7. The minimum Gasteiger partial charge on any atom is -0.454 e. The number of hydrogen-bond acceptors (Lipinski definition) is 10. The number of aliphatic hydroxyl groups excluding tert-OH is 5. The molecule has 1 aliphatic rings. The number of rotatable bonds is 68. The van der Waals surface area contributed by atoms with Gasteiger partial charge in [0, 0.05) is 6.42 Å². The Morgan fingerprint density at radius 1 is 0.433 bits per heavy atom. The summed E-state index contributed by atoms with van der Waals surface area (Å²) < 4.78 is 17.7. The van der Waals surface area contributed by atoms with Crippen LogP contribution in [0.3, 0.4) is 0 Å². The summed E-state index contributed by atoms with van der Waals surface area (Å²) in [6.07, 6.45) is 74.5. The van der Waals surface area contributed by atoms with E-state index >= 15 is 0 Å². The van der Waals surface area contributed by atoms with E-state index in [1.54, 1.807) is 6.08 Å². The van der Waals surface area contributed by atoms with E-state index in [0.717, 1.165) is 64.2 Å². The van der Waals surface area contributed by atoms with Crippen LogP contribution in [-0.2, 0) is 23.8 Å². The smallest absolute Gasteiger partial charge is 0.306 e. The molecule has 11 nitrogen and oxygen atoms in total. The van der Waals surface area contributed by atoms with Crippen molar-refractivity contribution in [1.82, 2.24) is 5.32 Å². The number of allylic oxidation sites excluding steroid dienone is 7. The number of hydrogen-bond donors (Lipinski definition) is 6. The molecule has 0 aliphatic carbocycles. The highest BCUT2D eigenvalue weighted by Gasteiger charge is 2.47. The Hall–Kier alpha value is -2.38. The summed E-state index contributed by atoms with van der Waals surface area (Å²) in [5.74, 6) is -1.18. The molecule has 0 bridgehead atoms. The first kappa shape index (κ1) is 85.6. The van der Waals surface area contributed by atoms with Crippen molar-refractivity contribution in [3.05, 3.63) is 48.6 Å². The van der Waals surface area contributed by atoms with Gasteiger partial charge in [-0.2, -0.15) is 0 Å². The van der Waals surface area contributed by atoms with E-state index in [-0.39, 0.29) is 13.0 Å². The maximum absolute atomic E-state index is 13.5. The van der Waals surface area contributed by atoms with Gasteiger partial charge in [-0.25, -0.2) is 0 Å². The van der Waals surface area contributed by atoms with Crippen molar-refractivity contribution in [2.24, 2.45) is 0 Å². The monoisotopic (exact) mass is 1270 g/mol. The minimum atomic E-state index is -1.61. The Kier molecular flexibility index (Phi) is 63.4. The molecule has 0 spiro atoms. The Bertz CT molecular complexity index is 1650. The number of unbranched alkanes of at least 4 members (excludes halogenated alkanes) is 48. The number of aliphatic hydroxyl groups is 5. The van der Waals surface area contributed by atoms with Crippen LogP contribution in [0.15, 0.2) is 48.6 Å². The van der Waals surface area contributed by atoms with Gasteiger partial charge in [-0.05, 0) is 83.5 Å². The van der Waals surface area contributed by atoms with Gasteiger partial charge in [0.15, 0.2) is 12.4 Å².